The third-order valence-electron chi connectivity index (χ3n) is 6.62. The lowest BCUT2D eigenvalue weighted by molar-refractivity contribution is -0.133. The number of halogens is 2. The minimum Gasteiger partial charge on any atom is -0.352 e. The van der Waals surface area contributed by atoms with Gasteiger partial charge in [-0.25, -0.2) is 22.3 Å². The SMILES string of the molecule is NS(=O)(=O)c1ccccc1-c1ccc(CNC(=O)C2CCC[C@H]2C(=O)NCc2c(F)cccc2F)cc1. The predicted octanol–water partition coefficient (Wildman–Crippen LogP) is 3.63. The summed E-state index contributed by atoms with van der Waals surface area (Å²) in [4.78, 5) is 25.6. The molecule has 3 aromatic rings. The summed E-state index contributed by atoms with van der Waals surface area (Å²) in [6, 6.07) is 17.0. The molecule has 0 bridgehead atoms. The van der Waals surface area contributed by atoms with Crippen molar-refractivity contribution >= 4 is 21.8 Å². The summed E-state index contributed by atoms with van der Waals surface area (Å²) in [7, 11) is -3.89. The molecule has 0 spiro atoms. The predicted molar refractivity (Wildman–Crippen MR) is 134 cm³/mol. The average Bonchev–Trinajstić information content (AvgIpc) is 3.37. The number of hydrogen-bond acceptors (Lipinski definition) is 4. The smallest absolute Gasteiger partial charge is 0.238 e. The summed E-state index contributed by atoms with van der Waals surface area (Å²) in [6.07, 6.45) is 1.76. The molecule has 37 heavy (non-hydrogen) atoms. The molecule has 7 nitrogen and oxygen atoms in total. The number of carbonyl (C=O) groups excluding carboxylic acids is 2. The highest BCUT2D eigenvalue weighted by Gasteiger charge is 2.37. The van der Waals surface area contributed by atoms with E-state index in [1.54, 1.807) is 42.5 Å². The first-order valence-corrected chi connectivity index (χ1v) is 13.4. The standard InChI is InChI=1S/C27H27F2N3O4S/c28-23-8-4-9-24(29)22(23)16-32-27(34)21-7-3-6-20(21)26(33)31-15-17-11-13-18(14-12-17)19-5-1-2-10-25(19)37(30,35)36/h1-2,4-5,8-14,20-21H,3,6-7,15-16H2,(H,31,33)(H,32,34)(H2,30,35,36)/t20?,21-/m1/s1. The Labute approximate surface area is 214 Å². The molecule has 3 aromatic carbocycles. The van der Waals surface area contributed by atoms with Crippen molar-refractivity contribution in [3.63, 3.8) is 0 Å². The highest BCUT2D eigenvalue weighted by Crippen LogP contribution is 2.32. The van der Waals surface area contributed by atoms with E-state index >= 15 is 0 Å². The van der Waals surface area contributed by atoms with Gasteiger partial charge in [0, 0.05) is 36.1 Å². The summed E-state index contributed by atoms with van der Waals surface area (Å²) in [5, 5.41) is 10.7. The highest BCUT2D eigenvalue weighted by atomic mass is 32.2. The van der Waals surface area contributed by atoms with Gasteiger partial charge in [-0.3, -0.25) is 9.59 Å². The Morgan fingerprint density at radius 3 is 1.97 bits per heavy atom. The Kier molecular flexibility index (Phi) is 7.99. The maximum Gasteiger partial charge on any atom is 0.238 e. The molecule has 4 rings (SSSR count). The summed E-state index contributed by atoms with van der Waals surface area (Å²) >= 11 is 0. The second-order valence-electron chi connectivity index (χ2n) is 9.02. The number of amides is 2. The van der Waals surface area contributed by atoms with Crippen molar-refractivity contribution in [1.29, 1.82) is 0 Å². The van der Waals surface area contributed by atoms with Crippen molar-refractivity contribution < 1.29 is 26.8 Å². The van der Waals surface area contributed by atoms with Crippen LogP contribution in [0.3, 0.4) is 0 Å². The number of rotatable bonds is 8. The van der Waals surface area contributed by atoms with Gasteiger partial charge in [0.2, 0.25) is 21.8 Å². The molecule has 4 N–H and O–H groups in total. The Balaban J connectivity index is 1.36. The monoisotopic (exact) mass is 527 g/mol. The van der Waals surface area contributed by atoms with E-state index in [1.807, 2.05) is 0 Å². The van der Waals surface area contributed by atoms with Crippen molar-refractivity contribution in [2.45, 2.75) is 37.2 Å². The van der Waals surface area contributed by atoms with Crippen LogP contribution in [0, 0.1) is 23.5 Å². The van der Waals surface area contributed by atoms with Crippen LogP contribution in [0.1, 0.15) is 30.4 Å². The van der Waals surface area contributed by atoms with Gasteiger partial charge in [-0.05, 0) is 42.2 Å². The van der Waals surface area contributed by atoms with Crippen LogP contribution in [-0.2, 0) is 32.7 Å². The summed E-state index contributed by atoms with van der Waals surface area (Å²) in [5.41, 5.74) is 1.72. The average molecular weight is 528 g/mol. The van der Waals surface area contributed by atoms with Crippen LogP contribution >= 0.6 is 0 Å². The van der Waals surface area contributed by atoms with E-state index in [0.717, 1.165) is 17.7 Å². The molecule has 0 saturated heterocycles. The summed E-state index contributed by atoms with van der Waals surface area (Å²) < 4.78 is 51.5. The molecule has 1 saturated carbocycles. The molecule has 0 heterocycles. The molecular formula is C27H27F2N3O4S. The van der Waals surface area contributed by atoms with Crippen LogP contribution in [0.25, 0.3) is 11.1 Å². The van der Waals surface area contributed by atoms with Gasteiger partial charge < -0.3 is 10.6 Å². The molecule has 0 radical (unpaired) electrons. The van der Waals surface area contributed by atoms with Gasteiger partial charge in [-0.2, -0.15) is 0 Å². The summed E-state index contributed by atoms with van der Waals surface area (Å²) in [5.74, 6) is -3.25. The maximum atomic E-state index is 13.9. The molecule has 0 aromatic heterocycles. The number of carbonyl (C=O) groups is 2. The Bertz CT molecular complexity index is 1390. The van der Waals surface area contributed by atoms with Crippen molar-refractivity contribution in [2.75, 3.05) is 0 Å². The third kappa shape index (κ3) is 6.20. The number of sulfonamides is 1. The second kappa shape index (κ2) is 11.2. The van der Waals surface area contributed by atoms with Gasteiger partial charge in [0.15, 0.2) is 0 Å². The first-order valence-electron chi connectivity index (χ1n) is 11.8. The fraction of sp³-hybridized carbons (Fsp3) is 0.259. The van der Waals surface area contributed by atoms with E-state index in [-0.39, 0.29) is 29.5 Å². The van der Waals surface area contributed by atoms with E-state index in [1.165, 1.54) is 12.1 Å². The lowest BCUT2D eigenvalue weighted by Crippen LogP contribution is -2.39. The van der Waals surface area contributed by atoms with E-state index in [9.17, 15) is 26.8 Å². The molecule has 194 valence electrons. The zero-order valence-electron chi connectivity index (χ0n) is 19.9. The van der Waals surface area contributed by atoms with E-state index in [2.05, 4.69) is 10.6 Å². The molecule has 1 aliphatic rings. The minimum atomic E-state index is -3.89. The molecule has 1 aliphatic carbocycles. The van der Waals surface area contributed by atoms with Crippen LogP contribution in [0.15, 0.2) is 71.6 Å². The van der Waals surface area contributed by atoms with Crippen LogP contribution in [0.5, 0.6) is 0 Å². The molecule has 2 amide bonds. The Hall–Kier alpha value is -3.63. The topological polar surface area (TPSA) is 118 Å². The van der Waals surface area contributed by atoms with E-state index < -0.39 is 39.4 Å². The van der Waals surface area contributed by atoms with Crippen molar-refractivity contribution in [1.82, 2.24) is 10.6 Å². The number of nitrogens with one attached hydrogen (secondary N) is 2. The number of benzene rings is 3. The molecule has 10 heteroatoms. The van der Waals surface area contributed by atoms with Crippen molar-refractivity contribution in [3.8, 4) is 11.1 Å². The Morgan fingerprint density at radius 1 is 0.811 bits per heavy atom. The van der Waals surface area contributed by atoms with Crippen molar-refractivity contribution in [2.24, 2.45) is 17.0 Å². The van der Waals surface area contributed by atoms with Crippen LogP contribution in [0.2, 0.25) is 0 Å². The van der Waals surface area contributed by atoms with Gasteiger partial charge in [0.05, 0.1) is 4.90 Å². The summed E-state index contributed by atoms with van der Waals surface area (Å²) in [6.45, 7) is -0.0651. The number of primary sulfonamides is 1. The number of nitrogens with two attached hydrogens (primary N) is 1. The van der Waals surface area contributed by atoms with Crippen LogP contribution < -0.4 is 15.8 Å². The van der Waals surface area contributed by atoms with E-state index in [4.69, 9.17) is 5.14 Å². The normalized spacial score (nSPS) is 17.4. The Morgan fingerprint density at radius 2 is 1.38 bits per heavy atom. The minimum absolute atomic E-state index is 0.0272. The van der Waals surface area contributed by atoms with Crippen LogP contribution in [-0.4, -0.2) is 20.2 Å². The molecule has 2 atom stereocenters. The molecule has 0 aliphatic heterocycles. The van der Waals surface area contributed by atoms with Gasteiger partial charge >= 0.3 is 0 Å². The zero-order valence-corrected chi connectivity index (χ0v) is 20.7. The molecular weight excluding hydrogens is 500 g/mol. The van der Waals surface area contributed by atoms with Gasteiger partial charge in [0.25, 0.3) is 0 Å². The largest absolute Gasteiger partial charge is 0.352 e. The highest BCUT2D eigenvalue weighted by molar-refractivity contribution is 7.89. The fourth-order valence-corrected chi connectivity index (χ4v) is 5.43. The third-order valence-corrected chi connectivity index (χ3v) is 7.58. The lowest BCUT2D eigenvalue weighted by Gasteiger charge is -2.19. The second-order valence-corrected chi connectivity index (χ2v) is 10.5. The van der Waals surface area contributed by atoms with Crippen molar-refractivity contribution in [3.05, 3.63) is 89.5 Å². The molecule has 1 fully saturated rings. The van der Waals surface area contributed by atoms with Gasteiger partial charge in [-0.1, -0.05) is 55.0 Å². The first-order chi connectivity index (χ1) is 17.6. The van der Waals surface area contributed by atoms with Gasteiger partial charge in [-0.15, -0.1) is 0 Å². The molecule has 1 unspecified atom stereocenters. The zero-order chi connectivity index (χ0) is 26.6. The fourth-order valence-electron chi connectivity index (χ4n) is 4.67. The number of hydrogen-bond donors (Lipinski definition) is 3. The van der Waals surface area contributed by atoms with Crippen LogP contribution in [0.4, 0.5) is 8.78 Å². The lowest BCUT2D eigenvalue weighted by atomic mass is 9.94. The first kappa shape index (κ1) is 26.4. The maximum absolute atomic E-state index is 13.9. The van der Waals surface area contributed by atoms with Gasteiger partial charge in [0.1, 0.15) is 11.6 Å². The van der Waals surface area contributed by atoms with E-state index in [0.29, 0.717) is 30.4 Å². The quantitative estimate of drug-likeness (QED) is 0.415.